The van der Waals surface area contributed by atoms with Crippen molar-refractivity contribution < 1.29 is 29.0 Å². The average Bonchev–Trinajstić information content (AvgIpc) is 2.31. The van der Waals surface area contributed by atoms with Crippen molar-refractivity contribution in [3.63, 3.8) is 0 Å². The maximum absolute atomic E-state index is 11.7. The summed E-state index contributed by atoms with van der Waals surface area (Å²) in [6.45, 7) is 2.70. The number of nitrogens with one attached hydrogen (secondary N) is 2. The Morgan fingerprint density at radius 2 is 1.79 bits per heavy atom. The highest BCUT2D eigenvalue weighted by Crippen LogP contribution is 2.01. The van der Waals surface area contributed by atoms with Crippen LogP contribution in [0.15, 0.2) is 0 Å². The monoisotopic (exact) mass is 274 g/mol. The number of aliphatic carboxylic acids is 1. The summed E-state index contributed by atoms with van der Waals surface area (Å²) in [5, 5.41) is 13.2. The van der Waals surface area contributed by atoms with Crippen molar-refractivity contribution in [2.24, 2.45) is 0 Å². The van der Waals surface area contributed by atoms with E-state index in [0.717, 1.165) is 7.11 Å². The fourth-order valence-electron chi connectivity index (χ4n) is 1.33. The molecule has 0 unspecified atom stereocenters. The highest BCUT2D eigenvalue weighted by atomic mass is 16.5. The fourth-order valence-corrected chi connectivity index (χ4v) is 1.33. The normalized spacial score (nSPS) is 13.0. The Morgan fingerprint density at radius 3 is 2.21 bits per heavy atom. The SMILES string of the molecule is COC(=O)[C@@H](CCC(=O)O)NC(=O)[C@H](C)NC(C)=O. The van der Waals surface area contributed by atoms with Crippen LogP contribution >= 0.6 is 0 Å². The third-order valence-electron chi connectivity index (χ3n) is 2.26. The quantitative estimate of drug-likeness (QED) is 0.514. The van der Waals surface area contributed by atoms with Crippen molar-refractivity contribution >= 4 is 23.8 Å². The summed E-state index contributed by atoms with van der Waals surface area (Å²) >= 11 is 0. The minimum absolute atomic E-state index is 0.0828. The first kappa shape index (κ1) is 16.9. The van der Waals surface area contributed by atoms with Crippen LogP contribution in [0.1, 0.15) is 26.7 Å². The van der Waals surface area contributed by atoms with Gasteiger partial charge in [-0.05, 0) is 13.3 Å². The van der Waals surface area contributed by atoms with Gasteiger partial charge in [0, 0.05) is 13.3 Å². The third kappa shape index (κ3) is 7.02. The predicted octanol–water partition coefficient (Wildman–Crippen LogP) is -0.966. The van der Waals surface area contributed by atoms with Crippen LogP contribution in [0.2, 0.25) is 0 Å². The third-order valence-corrected chi connectivity index (χ3v) is 2.26. The molecule has 8 heteroatoms. The number of hydrogen-bond acceptors (Lipinski definition) is 5. The zero-order chi connectivity index (χ0) is 15.0. The van der Waals surface area contributed by atoms with Crippen LogP contribution in [-0.2, 0) is 23.9 Å². The van der Waals surface area contributed by atoms with E-state index in [4.69, 9.17) is 5.11 Å². The van der Waals surface area contributed by atoms with Gasteiger partial charge in [-0.2, -0.15) is 0 Å². The summed E-state index contributed by atoms with van der Waals surface area (Å²) in [5.74, 6) is -2.79. The van der Waals surface area contributed by atoms with Crippen LogP contribution in [0.4, 0.5) is 0 Å². The number of rotatable bonds is 7. The standard InChI is InChI=1S/C11H18N2O6/c1-6(12-7(2)14)10(17)13-8(11(18)19-3)4-5-9(15)16/h6,8H,4-5H2,1-3H3,(H,12,14)(H,13,17)(H,15,16)/t6-,8+/m0/s1. The summed E-state index contributed by atoms with van der Waals surface area (Å²) in [7, 11) is 1.14. The molecule has 19 heavy (non-hydrogen) atoms. The van der Waals surface area contributed by atoms with Gasteiger partial charge in [-0.3, -0.25) is 14.4 Å². The molecule has 0 saturated carbocycles. The molecule has 0 radical (unpaired) electrons. The van der Waals surface area contributed by atoms with Crippen LogP contribution in [0, 0.1) is 0 Å². The molecule has 0 aliphatic heterocycles. The molecular weight excluding hydrogens is 256 g/mol. The highest BCUT2D eigenvalue weighted by Gasteiger charge is 2.24. The summed E-state index contributed by atoms with van der Waals surface area (Å²) in [5.41, 5.74) is 0. The van der Waals surface area contributed by atoms with Crippen molar-refractivity contribution in [2.45, 2.75) is 38.8 Å². The number of carbonyl (C=O) groups is 4. The van der Waals surface area contributed by atoms with Crippen LogP contribution < -0.4 is 10.6 Å². The van der Waals surface area contributed by atoms with Crippen molar-refractivity contribution in [2.75, 3.05) is 7.11 Å². The lowest BCUT2D eigenvalue weighted by atomic mass is 10.1. The molecule has 0 fully saturated rings. The lowest BCUT2D eigenvalue weighted by Gasteiger charge is -2.18. The van der Waals surface area contributed by atoms with Gasteiger partial charge in [0.15, 0.2) is 0 Å². The van der Waals surface area contributed by atoms with E-state index in [1.807, 2.05) is 0 Å². The Hall–Kier alpha value is -2.12. The molecule has 0 heterocycles. The smallest absolute Gasteiger partial charge is 0.328 e. The first-order valence-corrected chi connectivity index (χ1v) is 5.65. The van der Waals surface area contributed by atoms with Gasteiger partial charge in [0.2, 0.25) is 11.8 Å². The Bertz CT molecular complexity index is 368. The topological polar surface area (TPSA) is 122 Å². The van der Waals surface area contributed by atoms with E-state index in [-0.39, 0.29) is 18.7 Å². The maximum atomic E-state index is 11.7. The fraction of sp³-hybridized carbons (Fsp3) is 0.636. The van der Waals surface area contributed by atoms with Gasteiger partial charge in [0.05, 0.1) is 7.11 Å². The summed E-state index contributed by atoms with van der Waals surface area (Å²) in [6, 6.07) is -1.88. The van der Waals surface area contributed by atoms with E-state index in [0.29, 0.717) is 0 Å². The molecule has 8 nitrogen and oxygen atoms in total. The minimum Gasteiger partial charge on any atom is -0.481 e. The molecule has 0 bridgehead atoms. The van der Waals surface area contributed by atoms with E-state index >= 15 is 0 Å². The highest BCUT2D eigenvalue weighted by molar-refractivity contribution is 5.90. The molecule has 0 rings (SSSR count). The van der Waals surface area contributed by atoms with E-state index in [1.54, 1.807) is 0 Å². The van der Waals surface area contributed by atoms with Crippen molar-refractivity contribution in [3.8, 4) is 0 Å². The Morgan fingerprint density at radius 1 is 1.21 bits per heavy atom. The summed E-state index contributed by atoms with van der Waals surface area (Å²) in [6.07, 6.45) is -0.366. The summed E-state index contributed by atoms with van der Waals surface area (Å²) in [4.78, 5) is 44.3. The zero-order valence-electron chi connectivity index (χ0n) is 11.1. The molecule has 0 spiro atoms. The van der Waals surface area contributed by atoms with E-state index in [2.05, 4.69) is 15.4 Å². The number of methoxy groups -OCH3 is 1. The molecule has 0 aliphatic carbocycles. The maximum Gasteiger partial charge on any atom is 0.328 e. The van der Waals surface area contributed by atoms with E-state index in [1.165, 1.54) is 13.8 Å². The molecule has 2 atom stereocenters. The van der Waals surface area contributed by atoms with Crippen molar-refractivity contribution in [1.82, 2.24) is 10.6 Å². The second-order valence-electron chi connectivity index (χ2n) is 3.94. The van der Waals surface area contributed by atoms with Crippen LogP contribution in [0.5, 0.6) is 0 Å². The van der Waals surface area contributed by atoms with Gasteiger partial charge < -0.3 is 20.5 Å². The molecular formula is C11H18N2O6. The second kappa shape index (κ2) is 8.06. The van der Waals surface area contributed by atoms with Gasteiger partial charge in [0.1, 0.15) is 12.1 Å². The average molecular weight is 274 g/mol. The number of carbonyl (C=O) groups excluding carboxylic acids is 3. The summed E-state index contributed by atoms with van der Waals surface area (Å²) < 4.78 is 4.47. The first-order chi connectivity index (χ1) is 8.77. The van der Waals surface area contributed by atoms with Crippen molar-refractivity contribution in [1.29, 1.82) is 0 Å². The molecule has 0 aromatic rings. The van der Waals surface area contributed by atoms with Gasteiger partial charge in [-0.1, -0.05) is 0 Å². The molecule has 0 aromatic carbocycles. The number of esters is 1. The molecule has 0 saturated heterocycles. The van der Waals surface area contributed by atoms with E-state index < -0.39 is 29.9 Å². The minimum atomic E-state index is -1.09. The van der Waals surface area contributed by atoms with Crippen LogP contribution in [0.25, 0.3) is 0 Å². The number of ether oxygens (including phenoxy) is 1. The first-order valence-electron chi connectivity index (χ1n) is 5.65. The Labute approximate surface area is 110 Å². The number of hydrogen-bond donors (Lipinski definition) is 3. The van der Waals surface area contributed by atoms with Gasteiger partial charge in [-0.15, -0.1) is 0 Å². The lowest BCUT2D eigenvalue weighted by molar-refractivity contribution is -0.146. The zero-order valence-corrected chi connectivity index (χ0v) is 11.1. The van der Waals surface area contributed by atoms with Gasteiger partial charge >= 0.3 is 11.9 Å². The van der Waals surface area contributed by atoms with Crippen molar-refractivity contribution in [3.05, 3.63) is 0 Å². The molecule has 0 aromatic heterocycles. The van der Waals surface area contributed by atoms with Gasteiger partial charge in [-0.25, -0.2) is 4.79 Å². The molecule has 0 aliphatic rings. The molecule has 2 amide bonds. The largest absolute Gasteiger partial charge is 0.481 e. The lowest BCUT2D eigenvalue weighted by Crippen LogP contribution is -2.50. The Kier molecular flexibility index (Phi) is 7.16. The second-order valence-corrected chi connectivity index (χ2v) is 3.94. The number of amides is 2. The predicted molar refractivity (Wildman–Crippen MR) is 64.1 cm³/mol. The molecule has 108 valence electrons. The van der Waals surface area contributed by atoms with Gasteiger partial charge in [0.25, 0.3) is 0 Å². The van der Waals surface area contributed by atoms with Crippen LogP contribution in [0.3, 0.4) is 0 Å². The van der Waals surface area contributed by atoms with E-state index in [9.17, 15) is 19.2 Å². The number of carboxylic acid groups (broad SMARTS) is 1. The van der Waals surface area contributed by atoms with Crippen LogP contribution in [-0.4, -0.2) is 48.1 Å². The number of carboxylic acids is 1. The molecule has 3 N–H and O–H groups in total. The Balaban J connectivity index is 4.53.